The average Bonchev–Trinajstić information content (AvgIpc) is 3.15. The fourth-order valence-corrected chi connectivity index (χ4v) is 2.50. The van der Waals surface area contributed by atoms with E-state index < -0.39 is 17.6 Å². The first kappa shape index (κ1) is 16.5. The van der Waals surface area contributed by atoms with Gasteiger partial charge in [-0.2, -0.15) is 0 Å². The van der Waals surface area contributed by atoms with E-state index >= 15 is 0 Å². The molecule has 10 nitrogen and oxygen atoms in total. The van der Waals surface area contributed by atoms with Crippen molar-refractivity contribution in [3.63, 3.8) is 0 Å². The summed E-state index contributed by atoms with van der Waals surface area (Å²) >= 11 is 0. The van der Waals surface area contributed by atoms with Gasteiger partial charge < -0.3 is 9.67 Å². The molecule has 1 amide bonds. The Morgan fingerprint density at radius 3 is 2.92 bits per heavy atom. The summed E-state index contributed by atoms with van der Waals surface area (Å²) in [7, 11) is 0. The molecule has 3 N–H and O–H groups in total. The molecule has 0 bridgehead atoms. The van der Waals surface area contributed by atoms with Crippen LogP contribution in [0.15, 0.2) is 29.6 Å². The van der Waals surface area contributed by atoms with Gasteiger partial charge in [-0.25, -0.2) is 9.87 Å². The van der Waals surface area contributed by atoms with Gasteiger partial charge in [0.1, 0.15) is 11.5 Å². The molecule has 0 unspecified atom stereocenters. The zero-order chi connectivity index (χ0) is 18.0. The molecule has 25 heavy (non-hydrogen) atoms. The van der Waals surface area contributed by atoms with E-state index in [4.69, 9.17) is 5.21 Å². The normalized spacial score (nSPS) is 11.0. The average molecular weight is 348 g/mol. The van der Waals surface area contributed by atoms with Crippen molar-refractivity contribution in [2.24, 2.45) is 5.18 Å². The van der Waals surface area contributed by atoms with Gasteiger partial charge in [-0.05, 0) is 23.4 Å². The minimum Gasteiger partial charge on any atom is -0.493 e. The predicted molar refractivity (Wildman–Crippen MR) is 82.7 cm³/mol. The number of amides is 1. The lowest BCUT2D eigenvalue weighted by Gasteiger charge is -2.04. The van der Waals surface area contributed by atoms with Gasteiger partial charge in [0.2, 0.25) is 11.8 Å². The second-order valence-corrected chi connectivity index (χ2v) is 5.27. The number of carbonyl (C=O) groups excluding carboxylic acids is 1. The fourth-order valence-electron chi connectivity index (χ4n) is 2.50. The summed E-state index contributed by atoms with van der Waals surface area (Å²) in [6.07, 6.45) is 1.56. The molecule has 3 rings (SSSR count). The Morgan fingerprint density at radius 2 is 2.20 bits per heavy atom. The second kappa shape index (κ2) is 6.65. The fraction of sp³-hybridized carbons (Fsp3) is 0.214. The standard InChI is InChI=1S/C14H13FN6O4/c15-8-1-2-11-10(5-8)13(18-25)14(23)21(11)7-9-6-20(19-16-9)4-3-12(22)17-24/h1-2,5-6,23-24H,3-4,7H2,(H,17,22). The minimum absolute atomic E-state index is 0.00941. The lowest BCUT2D eigenvalue weighted by atomic mass is 10.2. The van der Waals surface area contributed by atoms with Gasteiger partial charge in [0.05, 0.1) is 24.8 Å². The Kier molecular flexibility index (Phi) is 4.39. The molecular weight excluding hydrogens is 335 g/mol. The van der Waals surface area contributed by atoms with E-state index in [1.165, 1.54) is 26.9 Å². The van der Waals surface area contributed by atoms with Gasteiger partial charge >= 0.3 is 0 Å². The molecule has 0 radical (unpaired) electrons. The summed E-state index contributed by atoms with van der Waals surface area (Å²) in [4.78, 5) is 22.0. The van der Waals surface area contributed by atoms with Crippen molar-refractivity contribution >= 4 is 22.5 Å². The molecule has 0 fully saturated rings. The third kappa shape index (κ3) is 3.17. The first-order valence-electron chi connectivity index (χ1n) is 7.19. The number of aryl methyl sites for hydroxylation is 1. The van der Waals surface area contributed by atoms with Crippen LogP contribution in [0.2, 0.25) is 0 Å². The quantitative estimate of drug-likeness (QED) is 0.350. The number of hydrogen-bond donors (Lipinski definition) is 3. The molecule has 130 valence electrons. The van der Waals surface area contributed by atoms with Gasteiger partial charge in [0.15, 0.2) is 5.69 Å². The van der Waals surface area contributed by atoms with Crippen LogP contribution in [0, 0.1) is 10.7 Å². The zero-order valence-corrected chi connectivity index (χ0v) is 12.8. The minimum atomic E-state index is -0.560. The molecule has 3 aromatic rings. The van der Waals surface area contributed by atoms with E-state index in [1.807, 2.05) is 0 Å². The summed E-state index contributed by atoms with van der Waals surface area (Å²) in [6.45, 7) is 0.264. The lowest BCUT2D eigenvalue weighted by Crippen LogP contribution is -2.20. The molecule has 2 heterocycles. The number of aromatic hydroxyl groups is 1. The molecule has 0 aliphatic carbocycles. The van der Waals surface area contributed by atoms with Crippen LogP contribution in [-0.2, 0) is 17.9 Å². The molecule has 11 heteroatoms. The number of benzene rings is 1. The summed E-state index contributed by atoms with van der Waals surface area (Å²) in [5.74, 6) is -1.51. The Hall–Kier alpha value is -3.34. The summed E-state index contributed by atoms with van der Waals surface area (Å²) in [6, 6.07) is 3.75. The Balaban J connectivity index is 1.88. The van der Waals surface area contributed by atoms with Crippen molar-refractivity contribution in [3.8, 4) is 5.88 Å². The number of nitroso groups, excluding NO2 is 1. The number of aromatic nitrogens is 4. The maximum atomic E-state index is 13.4. The number of hydrogen-bond acceptors (Lipinski definition) is 7. The number of halogens is 1. The van der Waals surface area contributed by atoms with Gasteiger partial charge in [-0.15, -0.1) is 10.0 Å². The van der Waals surface area contributed by atoms with Crippen LogP contribution < -0.4 is 5.48 Å². The SMILES string of the molecule is O=Nc1c(O)n(Cc2cn(CCC(=O)NO)nn2)c2ccc(F)cc12. The maximum Gasteiger partial charge on any atom is 0.245 e. The molecule has 0 atom stereocenters. The summed E-state index contributed by atoms with van der Waals surface area (Å²) in [5.41, 5.74) is 2.13. The molecule has 0 saturated heterocycles. The van der Waals surface area contributed by atoms with E-state index in [1.54, 1.807) is 6.20 Å². The summed E-state index contributed by atoms with van der Waals surface area (Å²) < 4.78 is 16.1. The van der Waals surface area contributed by atoms with Crippen molar-refractivity contribution in [2.45, 2.75) is 19.5 Å². The highest BCUT2D eigenvalue weighted by molar-refractivity contribution is 5.95. The lowest BCUT2D eigenvalue weighted by molar-refractivity contribution is -0.129. The van der Waals surface area contributed by atoms with Gasteiger partial charge in [-0.1, -0.05) is 5.21 Å². The molecule has 0 spiro atoms. The third-order valence-electron chi connectivity index (χ3n) is 3.66. The number of rotatable bonds is 6. The Labute approximate surface area is 139 Å². The highest BCUT2D eigenvalue weighted by atomic mass is 19.1. The van der Waals surface area contributed by atoms with Crippen LogP contribution in [-0.4, -0.2) is 35.8 Å². The smallest absolute Gasteiger partial charge is 0.245 e. The van der Waals surface area contributed by atoms with Crippen molar-refractivity contribution in [2.75, 3.05) is 0 Å². The highest BCUT2D eigenvalue weighted by Gasteiger charge is 2.19. The molecule has 0 aliphatic heterocycles. The number of fused-ring (bicyclic) bond motifs is 1. The summed E-state index contributed by atoms with van der Waals surface area (Å²) in [5, 5.41) is 29.4. The molecular formula is C14H13FN6O4. The second-order valence-electron chi connectivity index (χ2n) is 5.27. The van der Waals surface area contributed by atoms with Crippen molar-refractivity contribution < 1.29 is 19.5 Å². The van der Waals surface area contributed by atoms with Crippen LogP contribution in [0.5, 0.6) is 5.88 Å². The largest absolute Gasteiger partial charge is 0.493 e. The molecule has 0 aliphatic rings. The van der Waals surface area contributed by atoms with Crippen LogP contribution in [0.3, 0.4) is 0 Å². The monoisotopic (exact) mass is 348 g/mol. The first-order valence-corrected chi connectivity index (χ1v) is 7.19. The van der Waals surface area contributed by atoms with E-state index in [2.05, 4.69) is 15.5 Å². The van der Waals surface area contributed by atoms with Gasteiger partial charge in [0.25, 0.3) is 0 Å². The molecule has 1 aromatic carbocycles. The van der Waals surface area contributed by atoms with E-state index in [0.29, 0.717) is 11.2 Å². The molecule has 2 aromatic heterocycles. The van der Waals surface area contributed by atoms with Crippen LogP contribution in [0.25, 0.3) is 10.9 Å². The van der Waals surface area contributed by atoms with Gasteiger partial charge in [0, 0.05) is 11.8 Å². The van der Waals surface area contributed by atoms with Crippen molar-refractivity contribution in [1.82, 2.24) is 25.0 Å². The highest BCUT2D eigenvalue weighted by Crippen LogP contribution is 2.39. The number of hydroxylamine groups is 1. The number of nitrogens with one attached hydrogen (secondary N) is 1. The third-order valence-corrected chi connectivity index (χ3v) is 3.66. The predicted octanol–water partition coefficient (Wildman–Crippen LogP) is 1.42. The van der Waals surface area contributed by atoms with Crippen LogP contribution >= 0.6 is 0 Å². The maximum absolute atomic E-state index is 13.4. The van der Waals surface area contributed by atoms with E-state index in [9.17, 15) is 19.2 Å². The van der Waals surface area contributed by atoms with Crippen molar-refractivity contribution in [3.05, 3.63) is 40.8 Å². The van der Waals surface area contributed by atoms with Crippen LogP contribution in [0.1, 0.15) is 12.1 Å². The zero-order valence-electron chi connectivity index (χ0n) is 12.8. The van der Waals surface area contributed by atoms with E-state index in [-0.39, 0.29) is 30.6 Å². The Bertz CT molecular complexity index is 950. The van der Waals surface area contributed by atoms with Crippen molar-refractivity contribution in [1.29, 1.82) is 0 Å². The van der Waals surface area contributed by atoms with Gasteiger partial charge in [-0.3, -0.25) is 14.7 Å². The number of carbonyl (C=O) groups is 1. The van der Waals surface area contributed by atoms with Crippen LogP contribution in [0.4, 0.5) is 10.1 Å². The topological polar surface area (TPSA) is 135 Å². The van der Waals surface area contributed by atoms with E-state index in [0.717, 1.165) is 6.07 Å². The molecule has 0 saturated carbocycles. The first-order chi connectivity index (χ1) is 12.0. The Morgan fingerprint density at radius 1 is 1.40 bits per heavy atom. The number of nitrogens with zero attached hydrogens (tertiary/aromatic N) is 5.